The SMILES string of the molecule is O=C(/C=C1/CCc2ccccc2N1)c1ccccc1. The summed E-state index contributed by atoms with van der Waals surface area (Å²) < 4.78 is 0. The molecule has 0 fully saturated rings. The number of ketones is 1. The van der Waals surface area contributed by atoms with Crippen LogP contribution in [0.25, 0.3) is 0 Å². The van der Waals surface area contributed by atoms with Crippen LogP contribution in [0.2, 0.25) is 0 Å². The molecule has 1 heterocycles. The van der Waals surface area contributed by atoms with Crippen LogP contribution in [-0.4, -0.2) is 5.78 Å². The summed E-state index contributed by atoms with van der Waals surface area (Å²) in [6.07, 6.45) is 3.58. The first-order valence-electron chi connectivity index (χ1n) is 6.48. The first kappa shape index (κ1) is 11.7. The Hall–Kier alpha value is -2.35. The monoisotopic (exact) mass is 249 g/mol. The van der Waals surface area contributed by atoms with E-state index in [0.717, 1.165) is 29.8 Å². The maximum atomic E-state index is 12.1. The van der Waals surface area contributed by atoms with Gasteiger partial charge in [0.05, 0.1) is 0 Å². The molecule has 0 radical (unpaired) electrons. The lowest BCUT2D eigenvalue weighted by Gasteiger charge is -2.20. The van der Waals surface area contributed by atoms with Gasteiger partial charge in [0.1, 0.15) is 0 Å². The molecule has 1 aliphatic heterocycles. The summed E-state index contributed by atoms with van der Waals surface area (Å²) in [5.74, 6) is 0.0579. The van der Waals surface area contributed by atoms with E-state index in [0.29, 0.717) is 0 Å². The van der Waals surface area contributed by atoms with E-state index in [1.165, 1.54) is 5.56 Å². The van der Waals surface area contributed by atoms with E-state index in [1.807, 2.05) is 42.5 Å². The molecule has 0 atom stereocenters. The number of carbonyl (C=O) groups excluding carboxylic acids is 1. The molecule has 0 aromatic heterocycles. The number of hydrogen-bond donors (Lipinski definition) is 1. The number of nitrogens with one attached hydrogen (secondary N) is 1. The minimum absolute atomic E-state index is 0.0579. The van der Waals surface area contributed by atoms with Crippen LogP contribution in [-0.2, 0) is 6.42 Å². The van der Waals surface area contributed by atoms with Gasteiger partial charge in [-0.2, -0.15) is 0 Å². The van der Waals surface area contributed by atoms with E-state index in [1.54, 1.807) is 6.08 Å². The molecule has 19 heavy (non-hydrogen) atoms. The number of hydrogen-bond acceptors (Lipinski definition) is 2. The average Bonchev–Trinajstić information content (AvgIpc) is 2.48. The topological polar surface area (TPSA) is 29.1 Å². The summed E-state index contributed by atoms with van der Waals surface area (Å²) in [6, 6.07) is 17.6. The molecular formula is C17H15NO. The number of benzene rings is 2. The second kappa shape index (κ2) is 5.11. The van der Waals surface area contributed by atoms with Crippen LogP contribution in [0.4, 0.5) is 5.69 Å². The fraction of sp³-hybridized carbons (Fsp3) is 0.118. The Morgan fingerprint density at radius 3 is 2.53 bits per heavy atom. The molecule has 1 N–H and O–H groups in total. The van der Waals surface area contributed by atoms with E-state index >= 15 is 0 Å². The summed E-state index contributed by atoms with van der Waals surface area (Å²) in [6.45, 7) is 0. The number of carbonyl (C=O) groups is 1. The molecule has 0 bridgehead atoms. The van der Waals surface area contributed by atoms with Gasteiger partial charge in [0.25, 0.3) is 0 Å². The highest BCUT2D eigenvalue weighted by molar-refractivity contribution is 6.05. The van der Waals surface area contributed by atoms with Crippen molar-refractivity contribution in [2.75, 3.05) is 5.32 Å². The summed E-state index contributed by atoms with van der Waals surface area (Å²) >= 11 is 0. The van der Waals surface area contributed by atoms with E-state index in [9.17, 15) is 4.79 Å². The van der Waals surface area contributed by atoms with Crippen LogP contribution in [0.5, 0.6) is 0 Å². The molecule has 1 aliphatic rings. The molecule has 0 aliphatic carbocycles. The Morgan fingerprint density at radius 1 is 0.947 bits per heavy atom. The maximum absolute atomic E-state index is 12.1. The number of fused-ring (bicyclic) bond motifs is 1. The molecule has 0 saturated carbocycles. The second-order valence-corrected chi connectivity index (χ2v) is 4.68. The highest BCUT2D eigenvalue weighted by Gasteiger charge is 2.12. The normalized spacial score (nSPS) is 15.7. The molecule has 2 heteroatoms. The van der Waals surface area contributed by atoms with Crippen LogP contribution >= 0.6 is 0 Å². The summed E-state index contributed by atoms with van der Waals surface area (Å²) in [7, 11) is 0. The molecule has 2 aromatic rings. The zero-order valence-electron chi connectivity index (χ0n) is 10.6. The summed E-state index contributed by atoms with van der Waals surface area (Å²) in [5.41, 5.74) is 4.15. The maximum Gasteiger partial charge on any atom is 0.187 e. The standard InChI is InChI=1S/C17H15NO/c19-17(14-7-2-1-3-8-14)12-15-11-10-13-6-4-5-9-16(13)18-15/h1-9,12,18H,10-11H2/b15-12-. The van der Waals surface area contributed by atoms with Gasteiger partial charge in [-0.15, -0.1) is 0 Å². The van der Waals surface area contributed by atoms with Crippen molar-refractivity contribution in [3.8, 4) is 0 Å². The largest absolute Gasteiger partial charge is 0.359 e. The van der Waals surface area contributed by atoms with E-state index < -0.39 is 0 Å². The molecule has 0 saturated heterocycles. The first-order valence-corrected chi connectivity index (χ1v) is 6.48. The van der Waals surface area contributed by atoms with Crippen molar-refractivity contribution in [2.45, 2.75) is 12.8 Å². The number of aryl methyl sites for hydroxylation is 1. The van der Waals surface area contributed by atoms with Gasteiger partial charge in [-0.1, -0.05) is 48.5 Å². The van der Waals surface area contributed by atoms with E-state index in [4.69, 9.17) is 0 Å². The highest BCUT2D eigenvalue weighted by atomic mass is 16.1. The Bertz CT molecular complexity index is 629. The predicted octanol–water partition coefficient (Wildman–Crippen LogP) is 3.81. The van der Waals surface area contributed by atoms with Gasteiger partial charge in [-0.05, 0) is 24.5 Å². The van der Waals surface area contributed by atoms with Gasteiger partial charge in [0, 0.05) is 23.0 Å². The number of rotatable bonds is 2. The zero-order valence-corrected chi connectivity index (χ0v) is 10.6. The van der Waals surface area contributed by atoms with Gasteiger partial charge in [0.15, 0.2) is 5.78 Å². The lowest BCUT2D eigenvalue weighted by molar-refractivity contribution is 0.104. The molecule has 94 valence electrons. The summed E-state index contributed by atoms with van der Waals surface area (Å²) in [5, 5.41) is 3.34. The smallest absolute Gasteiger partial charge is 0.187 e. The van der Waals surface area contributed by atoms with Gasteiger partial charge < -0.3 is 5.32 Å². The predicted molar refractivity (Wildman–Crippen MR) is 77.2 cm³/mol. The minimum Gasteiger partial charge on any atom is -0.359 e. The van der Waals surface area contributed by atoms with Crippen molar-refractivity contribution < 1.29 is 4.79 Å². The number of allylic oxidation sites excluding steroid dienone is 2. The van der Waals surface area contributed by atoms with Crippen molar-refractivity contribution in [1.82, 2.24) is 0 Å². The van der Waals surface area contributed by atoms with Gasteiger partial charge in [-0.3, -0.25) is 4.79 Å². The third-order valence-electron chi connectivity index (χ3n) is 3.34. The van der Waals surface area contributed by atoms with Crippen molar-refractivity contribution in [1.29, 1.82) is 0 Å². The van der Waals surface area contributed by atoms with Gasteiger partial charge in [0.2, 0.25) is 0 Å². The lowest BCUT2D eigenvalue weighted by atomic mass is 10.00. The molecule has 0 unspecified atom stereocenters. The Morgan fingerprint density at radius 2 is 1.68 bits per heavy atom. The molecule has 3 rings (SSSR count). The molecule has 2 nitrogen and oxygen atoms in total. The molecular weight excluding hydrogens is 234 g/mol. The van der Waals surface area contributed by atoms with Crippen molar-refractivity contribution in [3.05, 3.63) is 77.5 Å². The van der Waals surface area contributed by atoms with Crippen molar-refractivity contribution in [3.63, 3.8) is 0 Å². The molecule has 0 spiro atoms. The fourth-order valence-electron chi connectivity index (χ4n) is 2.32. The third kappa shape index (κ3) is 2.58. The first-order chi connectivity index (χ1) is 9.33. The minimum atomic E-state index is 0.0579. The van der Waals surface area contributed by atoms with Crippen molar-refractivity contribution in [2.24, 2.45) is 0 Å². The van der Waals surface area contributed by atoms with Gasteiger partial charge in [-0.25, -0.2) is 0 Å². The Kier molecular flexibility index (Phi) is 3.15. The second-order valence-electron chi connectivity index (χ2n) is 4.68. The molecule has 0 amide bonds. The van der Waals surface area contributed by atoms with Gasteiger partial charge >= 0.3 is 0 Å². The Balaban J connectivity index is 1.81. The van der Waals surface area contributed by atoms with E-state index in [2.05, 4.69) is 17.4 Å². The summed E-state index contributed by atoms with van der Waals surface area (Å²) in [4.78, 5) is 12.1. The van der Waals surface area contributed by atoms with Crippen molar-refractivity contribution >= 4 is 11.5 Å². The zero-order chi connectivity index (χ0) is 13.1. The van der Waals surface area contributed by atoms with Crippen LogP contribution in [0.3, 0.4) is 0 Å². The lowest BCUT2D eigenvalue weighted by Crippen LogP contribution is -2.11. The van der Waals surface area contributed by atoms with Crippen LogP contribution in [0.15, 0.2) is 66.4 Å². The van der Waals surface area contributed by atoms with Crippen LogP contribution < -0.4 is 5.32 Å². The fourth-order valence-corrected chi connectivity index (χ4v) is 2.32. The Labute approximate surface area is 112 Å². The quantitative estimate of drug-likeness (QED) is 0.647. The average molecular weight is 249 g/mol. The highest BCUT2D eigenvalue weighted by Crippen LogP contribution is 2.26. The number of para-hydroxylation sites is 1. The molecule has 2 aromatic carbocycles. The van der Waals surface area contributed by atoms with Crippen LogP contribution in [0.1, 0.15) is 22.3 Å². The van der Waals surface area contributed by atoms with E-state index in [-0.39, 0.29) is 5.78 Å². The third-order valence-corrected chi connectivity index (χ3v) is 3.34. The number of anilines is 1. The van der Waals surface area contributed by atoms with Crippen LogP contribution in [0, 0.1) is 0 Å².